The summed E-state index contributed by atoms with van der Waals surface area (Å²) in [4.78, 5) is 19.5. The van der Waals surface area contributed by atoms with Crippen LogP contribution >= 0.6 is 11.6 Å². The summed E-state index contributed by atoms with van der Waals surface area (Å²) in [7, 11) is 3.15. The van der Waals surface area contributed by atoms with Gasteiger partial charge in [-0.05, 0) is 12.1 Å². The van der Waals surface area contributed by atoms with Gasteiger partial charge < -0.3 is 25.0 Å². The van der Waals surface area contributed by atoms with Gasteiger partial charge in [-0.25, -0.2) is 4.68 Å². The van der Waals surface area contributed by atoms with Gasteiger partial charge in [-0.15, -0.1) is 15.3 Å². The lowest BCUT2D eigenvalue weighted by atomic mass is 10.0. The van der Waals surface area contributed by atoms with Crippen LogP contribution in [-0.4, -0.2) is 71.3 Å². The minimum atomic E-state index is -0.543. The summed E-state index contributed by atoms with van der Waals surface area (Å²) in [6, 6.07) is 7.01. The molecule has 0 spiro atoms. The number of nitrogens with one attached hydrogen (secondary N) is 2. The van der Waals surface area contributed by atoms with Crippen LogP contribution in [0.3, 0.4) is 0 Å². The fraction of sp³-hybridized carbons (Fsp3) is 0.409. The Morgan fingerprint density at radius 2 is 2.06 bits per heavy atom. The fourth-order valence-corrected chi connectivity index (χ4v) is 4.65. The maximum absolute atomic E-state index is 12.4. The summed E-state index contributed by atoms with van der Waals surface area (Å²) in [5.41, 5.74) is 1.59. The number of carbonyl (C=O) groups excluding carboxylic acids is 1. The highest BCUT2D eigenvalue weighted by Gasteiger charge is 2.38. The van der Waals surface area contributed by atoms with E-state index in [1.807, 2.05) is 19.2 Å². The van der Waals surface area contributed by atoms with Gasteiger partial charge in [-0.3, -0.25) is 4.79 Å². The molecule has 4 heterocycles. The highest BCUT2D eigenvalue weighted by Crippen LogP contribution is 2.38. The van der Waals surface area contributed by atoms with Crippen molar-refractivity contribution < 1.29 is 15.6 Å². The highest BCUT2D eigenvalue weighted by atomic mass is 35.5. The molecule has 34 heavy (non-hydrogen) atoms. The summed E-state index contributed by atoms with van der Waals surface area (Å²) < 4.78 is 20.4. The Labute approximate surface area is 202 Å². The van der Waals surface area contributed by atoms with Gasteiger partial charge in [0.1, 0.15) is 0 Å². The van der Waals surface area contributed by atoms with Crippen LogP contribution in [-0.2, 0) is 11.8 Å². The Hall–Kier alpha value is -3.44. The number of fused-ring (bicyclic) bond motifs is 1. The number of halogens is 1. The van der Waals surface area contributed by atoms with Crippen LogP contribution in [0.2, 0.25) is 5.15 Å². The maximum atomic E-state index is 12.4. The molecule has 1 aromatic carbocycles. The molecule has 2 saturated heterocycles. The standard InChI is InChI=1S/C22H25ClN8O3/c1-24-21(32)18-16(7-17(23)27-28-18)25-15-6-4-5-14(19(15)33-3)20-26-22(30(2)29-20)31-8-12-10-34-11-13(12)9-31/h4-7,12-13H,8-11H2,1-3H3,(H,24,32)(H,25,27)/i1D. The van der Waals surface area contributed by atoms with Crippen molar-refractivity contribution in [2.45, 2.75) is 0 Å². The van der Waals surface area contributed by atoms with Gasteiger partial charge in [0.05, 0.1) is 37.3 Å². The Morgan fingerprint density at radius 3 is 2.79 bits per heavy atom. The van der Waals surface area contributed by atoms with E-state index < -0.39 is 5.91 Å². The number of anilines is 3. The van der Waals surface area contributed by atoms with E-state index in [1.165, 1.54) is 6.07 Å². The van der Waals surface area contributed by atoms with Crippen molar-refractivity contribution in [3.05, 3.63) is 35.1 Å². The molecule has 2 N–H and O–H groups in total. The normalized spacial score (nSPS) is 19.6. The molecular formula is C22H25ClN8O3. The van der Waals surface area contributed by atoms with Gasteiger partial charge >= 0.3 is 0 Å². The number of carbonyl (C=O) groups is 1. The van der Waals surface area contributed by atoms with Gasteiger partial charge in [-0.1, -0.05) is 17.7 Å². The molecule has 5 rings (SSSR count). The molecule has 2 atom stereocenters. The fourth-order valence-electron chi connectivity index (χ4n) is 4.51. The Bertz CT molecular complexity index is 1240. The van der Waals surface area contributed by atoms with Crippen LogP contribution in [0.1, 0.15) is 11.9 Å². The molecule has 2 aromatic heterocycles. The van der Waals surface area contributed by atoms with E-state index in [2.05, 4.69) is 30.8 Å². The van der Waals surface area contributed by atoms with E-state index in [-0.39, 0.29) is 17.9 Å². The number of amides is 1. The number of aromatic nitrogens is 5. The minimum absolute atomic E-state index is 0.0101. The molecular weight excluding hydrogens is 460 g/mol. The zero-order chi connectivity index (χ0) is 24.5. The second-order valence-corrected chi connectivity index (χ2v) is 8.66. The number of hydrogen-bond acceptors (Lipinski definition) is 9. The van der Waals surface area contributed by atoms with Crippen LogP contribution in [0, 0.1) is 11.8 Å². The number of methoxy groups -OCH3 is 1. The maximum Gasteiger partial charge on any atom is 0.273 e. The summed E-state index contributed by atoms with van der Waals surface area (Å²) >= 11 is 6.03. The monoisotopic (exact) mass is 485 g/mol. The summed E-state index contributed by atoms with van der Waals surface area (Å²) in [5.74, 6) is 2.33. The van der Waals surface area contributed by atoms with Crippen molar-refractivity contribution in [2.24, 2.45) is 18.9 Å². The molecule has 11 nitrogen and oxygen atoms in total. The summed E-state index contributed by atoms with van der Waals surface area (Å²) in [5, 5.41) is 18.0. The van der Waals surface area contributed by atoms with E-state index in [1.54, 1.807) is 17.9 Å². The average molecular weight is 486 g/mol. The van der Waals surface area contributed by atoms with Gasteiger partial charge in [0.15, 0.2) is 22.4 Å². The van der Waals surface area contributed by atoms with Crippen molar-refractivity contribution in [3.63, 3.8) is 0 Å². The first-order chi connectivity index (χ1) is 17.0. The lowest BCUT2D eigenvalue weighted by molar-refractivity contribution is 0.0958. The van der Waals surface area contributed by atoms with E-state index in [0.717, 1.165) is 32.3 Å². The number of ether oxygens (including phenoxy) is 2. The van der Waals surface area contributed by atoms with Crippen molar-refractivity contribution in [1.29, 1.82) is 0 Å². The van der Waals surface area contributed by atoms with Crippen LogP contribution in [0.25, 0.3) is 11.4 Å². The first-order valence-electron chi connectivity index (χ1n) is 11.5. The molecule has 2 unspecified atom stereocenters. The molecule has 12 heteroatoms. The molecule has 0 radical (unpaired) electrons. The smallest absolute Gasteiger partial charge is 0.273 e. The lowest BCUT2D eigenvalue weighted by Crippen LogP contribution is -2.25. The lowest BCUT2D eigenvalue weighted by Gasteiger charge is -2.17. The van der Waals surface area contributed by atoms with Gasteiger partial charge in [0.25, 0.3) is 5.91 Å². The molecule has 1 amide bonds. The van der Waals surface area contributed by atoms with Crippen LogP contribution in [0.4, 0.5) is 17.3 Å². The third-order valence-electron chi connectivity index (χ3n) is 6.13. The Morgan fingerprint density at radius 1 is 1.26 bits per heavy atom. The van der Waals surface area contributed by atoms with Gasteiger partial charge in [0, 0.05) is 46.4 Å². The van der Waals surface area contributed by atoms with Crippen molar-refractivity contribution in [3.8, 4) is 17.1 Å². The largest absolute Gasteiger partial charge is 0.494 e. The minimum Gasteiger partial charge on any atom is -0.494 e. The van der Waals surface area contributed by atoms with Crippen molar-refractivity contribution in [1.82, 2.24) is 30.3 Å². The number of aryl methyl sites for hydroxylation is 1. The number of para-hydroxylation sites is 1. The van der Waals surface area contributed by atoms with Gasteiger partial charge in [-0.2, -0.15) is 4.98 Å². The zero-order valence-electron chi connectivity index (χ0n) is 19.8. The number of benzene rings is 1. The van der Waals surface area contributed by atoms with Crippen LogP contribution in [0.15, 0.2) is 24.3 Å². The summed E-state index contributed by atoms with van der Waals surface area (Å²) in [6.07, 6.45) is 0. The van der Waals surface area contributed by atoms with Crippen LogP contribution in [0.5, 0.6) is 5.75 Å². The molecule has 2 fully saturated rings. The topological polar surface area (TPSA) is 119 Å². The van der Waals surface area contributed by atoms with Gasteiger partial charge in [0.2, 0.25) is 5.95 Å². The third kappa shape index (κ3) is 4.01. The number of hydrogen-bond donors (Lipinski definition) is 2. The Kier molecular flexibility index (Phi) is 5.63. The van der Waals surface area contributed by atoms with E-state index in [9.17, 15) is 4.79 Å². The second-order valence-electron chi connectivity index (χ2n) is 8.27. The number of rotatable bonds is 6. The molecule has 0 bridgehead atoms. The predicted octanol–water partition coefficient (Wildman–Crippen LogP) is 2.12. The first-order valence-corrected chi connectivity index (χ1v) is 11.1. The molecule has 2 aliphatic rings. The number of nitrogens with zero attached hydrogens (tertiary/aromatic N) is 6. The quantitative estimate of drug-likeness (QED) is 0.541. The van der Waals surface area contributed by atoms with Crippen molar-refractivity contribution >= 4 is 34.8 Å². The van der Waals surface area contributed by atoms with E-state index in [4.69, 9.17) is 27.4 Å². The predicted molar refractivity (Wildman–Crippen MR) is 127 cm³/mol. The van der Waals surface area contributed by atoms with E-state index >= 15 is 0 Å². The SMILES string of the molecule is [2H]CNC(=O)c1nnc(Cl)cc1Nc1cccc(-c2nc(N3CC4COCC4C3)n(C)n2)c1OC. The molecule has 0 saturated carbocycles. The van der Waals surface area contributed by atoms with Crippen molar-refractivity contribution in [2.75, 3.05) is 50.7 Å². The molecule has 3 aromatic rings. The second kappa shape index (κ2) is 9.07. The Balaban J connectivity index is 1.47. The van der Waals surface area contributed by atoms with E-state index in [0.29, 0.717) is 40.3 Å². The van der Waals surface area contributed by atoms with Crippen LogP contribution < -0.4 is 20.3 Å². The highest BCUT2D eigenvalue weighted by molar-refractivity contribution is 6.29. The third-order valence-corrected chi connectivity index (χ3v) is 6.32. The summed E-state index contributed by atoms with van der Waals surface area (Å²) in [6.45, 7) is 3.38. The molecule has 178 valence electrons. The first kappa shape index (κ1) is 21.1. The zero-order valence-corrected chi connectivity index (χ0v) is 19.5. The molecule has 0 aliphatic carbocycles. The molecule has 2 aliphatic heterocycles. The average Bonchev–Trinajstić information content (AvgIpc) is 3.54.